The lowest BCUT2D eigenvalue weighted by atomic mass is 10.0. The molecule has 0 spiro atoms. The van der Waals surface area contributed by atoms with Crippen LogP contribution in [0, 0.1) is 20.8 Å². The molecule has 176 valence electrons. The number of fused-ring (bicyclic) bond motifs is 1. The minimum absolute atomic E-state index is 0.0736. The second-order valence-corrected chi connectivity index (χ2v) is 8.47. The summed E-state index contributed by atoms with van der Waals surface area (Å²) in [5, 5.41) is 8.64. The predicted molar refractivity (Wildman–Crippen MR) is 135 cm³/mol. The molecule has 7 heteroatoms. The molecule has 0 aliphatic carbocycles. The Hall–Kier alpha value is -3.87. The van der Waals surface area contributed by atoms with E-state index >= 15 is 0 Å². The van der Waals surface area contributed by atoms with Crippen LogP contribution in [0.5, 0.6) is 5.75 Å². The summed E-state index contributed by atoms with van der Waals surface area (Å²) in [4.78, 5) is 26.2. The maximum atomic E-state index is 13.5. The van der Waals surface area contributed by atoms with E-state index in [2.05, 4.69) is 11.4 Å². The van der Waals surface area contributed by atoms with Crippen LogP contribution in [0.25, 0.3) is 16.7 Å². The summed E-state index contributed by atoms with van der Waals surface area (Å²) in [6.45, 7) is 8.42. The normalized spacial score (nSPS) is 11.1. The molecule has 7 nitrogen and oxygen atoms in total. The second-order valence-electron chi connectivity index (χ2n) is 8.47. The third-order valence-electron chi connectivity index (χ3n) is 6.14. The summed E-state index contributed by atoms with van der Waals surface area (Å²) < 4.78 is 8.83. The molecule has 0 saturated heterocycles. The summed E-state index contributed by atoms with van der Waals surface area (Å²) >= 11 is 0. The molecule has 0 unspecified atom stereocenters. The van der Waals surface area contributed by atoms with Gasteiger partial charge in [-0.2, -0.15) is 5.10 Å². The molecule has 1 N–H and O–H groups in total. The number of methoxy groups -OCH3 is 1. The molecule has 0 bridgehead atoms. The van der Waals surface area contributed by atoms with Crippen molar-refractivity contribution in [3.8, 4) is 11.4 Å². The first kappa shape index (κ1) is 23.3. The molecule has 0 aliphatic heterocycles. The maximum Gasteiger partial charge on any atom is 0.255 e. The molecule has 0 atom stereocenters. The van der Waals surface area contributed by atoms with E-state index in [0.717, 1.165) is 33.5 Å². The Balaban J connectivity index is 1.69. The minimum atomic E-state index is -0.151. The fraction of sp³-hybridized carbons (Fsp3) is 0.296. The number of rotatable bonds is 7. The van der Waals surface area contributed by atoms with E-state index in [9.17, 15) is 9.59 Å². The highest BCUT2D eigenvalue weighted by Crippen LogP contribution is 2.27. The monoisotopic (exact) mass is 458 g/mol. The number of nitrogens with zero attached hydrogens (tertiary/aromatic N) is 3. The Morgan fingerprint density at radius 1 is 1.09 bits per heavy atom. The van der Waals surface area contributed by atoms with Gasteiger partial charge >= 0.3 is 0 Å². The first-order valence-electron chi connectivity index (χ1n) is 11.5. The number of nitrogens with one attached hydrogen (secondary N) is 1. The largest absolute Gasteiger partial charge is 0.497 e. The van der Waals surface area contributed by atoms with Gasteiger partial charge in [-0.05, 0) is 69.5 Å². The van der Waals surface area contributed by atoms with Crippen molar-refractivity contribution in [2.75, 3.05) is 12.4 Å². The second kappa shape index (κ2) is 9.55. The highest BCUT2D eigenvalue weighted by Gasteiger charge is 2.21. The predicted octanol–water partition coefficient (Wildman–Crippen LogP) is 4.71. The average molecular weight is 459 g/mol. The van der Waals surface area contributed by atoms with Gasteiger partial charge in [0.05, 0.1) is 18.5 Å². The fourth-order valence-electron chi connectivity index (χ4n) is 4.46. The number of ether oxygens (including phenoxy) is 1. The molecule has 1 amide bonds. The fourth-order valence-corrected chi connectivity index (χ4v) is 4.46. The Morgan fingerprint density at radius 2 is 1.85 bits per heavy atom. The molecule has 34 heavy (non-hydrogen) atoms. The third-order valence-corrected chi connectivity index (χ3v) is 6.14. The van der Waals surface area contributed by atoms with Crippen LogP contribution in [0.4, 0.5) is 5.69 Å². The standard InChI is InChI=1S/C27H30N4O3/c1-6-30-26-25(19(4)29-31(26)21-11-7-9-17(2)15-21)18(3)23(27(30)33)13-14-24(32)28-20-10-8-12-22(16-20)34-5/h7-12,15-16H,6,13-14H2,1-5H3,(H,28,32). The number of aromatic nitrogens is 3. The maximum absolute atomic E-state index is 13.5. The van der Waals surface area contributed by atoms with Crippen molar-refractivity contribution in [3.63, 3.8) is 0 Å². The molecule has 2 aromatic carbocycles. The molecule has 0 radical (unpaired) electrons. The summed E-state index contributed by atoms with van der Waals surface area (Å²) in [7, 11) is 1.59. The topological polar surface area (TPSA) is 78.2 Å². The third kappa shape index (κ3) is 4.33. The van der Waals surface area contributed by atoms with Gasteiger partial charge in [0, 0.05) is 35.7 Å². The van der Waals surface area contributed by atoms with Gasteiger partial charge in [0.25, 0.3) is 5.56 Å². The van der Waals surface area contributed by atoms with Crippen LogP contribution >= 0.6 is 0 Å². The van der Waals surface area contributed by atoms with Crippen LogP contribution in [0.1, 0.15) is 35.7 Å². The summed E-state index contributed by atoms with van der Waals surface area (Å²) in [5.74, 6) is 0.522. The number of pyridine rings is 1. The van der Waals surface area contributed by atoms with E-state index in [1.54, 1.807) is 17.7 Å². The number of amides is 1. The van der Waals surface area contributed by atoms with Gasteiger partial charge in [-0.3, -0.25) is 14.2 Å². The van der Waals surface area contributed by atoms with Crippen LogP contribution in [-0.4, -0.2) is 27.4 Å². The number of carbonyl (C=O) groups excluding carboxylic acids is 1. The number of hydrogen-bond acceptors (Lipinski definition) is 4. The molecule has 2 aromatic heterocycles. The van der Waals surface area contributed by atoms with E-state index in [1.165, 1.54) is 0 Å². The van der Waals surface area contributed by atoms with Crippen molar-refractivity contribution in [2.45, 2.75) is 47.1 Å². The van der Waals surface area contributed by atoms with Crippen LogP contribution in [0.2, 0.25) is 0 Å². The zero-order valence-electron chi connectivity index (χ0n) is 20.3. The Labute approximate surface area is 199 Å². The lowest BCUT2D eigenvalue weighted by Crippen LogP contribution is -2.27. The van der Waals surface area contributed by atoms with Gasteiger partial charge in [-0.25, -0.2) is 4.68 Å². The first-order valence-corrected chi connectivity index (χ1v) is 11.5. The molecule has 4 aromatic rings. The Kier molecular flexibility index (Phi) is 6.54. The summed E-state index contributed by atoms with van der Waals surface area (Å²) in [6.07, 6.45) is 0.555. The molecule has 4 rings (SSSR count). The van der Waals surface area contributed by atoms with Gasteiger partial charge in [0.2, 0.25) is 5.91 Å². The van der Waals surface area contributed by atoms with Crippen molar-refractivity contribution >= 4 is 22.6 Å². The summed E-state index contributed by atoms with van der Waals surface area (Å²) in [6, 6.07) is 15.3. The minimum Gasteiger partial charge on any atom is -0.497 e. The number of benzene rings is 2. The highest BCUT2D eigenvalue weighted by molar-refractivity contribution is 5.91. The van der Waals surface area contributed by atoms with E-state index in [-0.39, 0.29) is 17.9 Å². The molecule has 0 saturated carbocycles. The van der Waals surface area contributed by atoms with Crippen LogP contribution < -0.4 is 15.6 Å². The first-order chi connectivity index (χ1) is 16.3. The van der Waals surface area contributed by atoms with Gasteiger partial charge in [0.1, 0.15) is 11.4 Å². The van der Waals surface area contributed by atoms with Crippen LogP contribution in [-0.2, 0) is 17.8 Å². The average Bonchev–Trinajstić information content (AvgIpc) is 3.16. The van der Waals surface area contributed by atoms with Crippen LogP contribution in [0.3, 0.4) is 0 Å². The van der Waals surface area contributed by atoms with Crippen molar-refractivity contribution in [1.82, 2.24) is 14.3 Å². The quantitative estimate of drug-likeness (QED) is 0.435. The zero-order chi connectivity index (χ0) is 24.4. The number of carbonyl (C=O) groups is 1. The molecular weight excluding hydrogens is 428 g/mol. The zero-order valence-corrected chi connectivity index (χ0v) is 20.3. The number of anilines is 1. The van der Waals surface area contributed by atoms with E-state index in [0.29, 0.717) is 30.0 Å². The summed E-state index contributed by atoms with van der Waals surface area (Å²) in [5.41, 5.74) is 5.82. The highest BCUT2D eigenvalue weighted by atomic mass is 16.5. The van der Waals surface area contributed by atoms with E-state index in [1.807, 2.05) is 68.8 Å². The van der Waals surface area contributed by atoms with Gasteiger partial charge in [-0.1, -0.05) is 18.2 Å². The molecule has 0 fully saturated rings. The molecular formula is C27H30N4O3. The lowest BCUT2D eigenvalue weighted by Gasteiger charge is -2.15. The van der Waals surface area contributed by atoms with Crippen molar-refractivity contribution in [1.29, 1.82) is 0 Å². The number of aryl methyl sites for hydroxylation is 4. The van der Waals surface area contributed by atoms with Crippen molar-refractivity contribution in [2.24, 2.45) is 0 Å². The SMILES string of the molecule is CCn1c(=O)c(CCC(=O)Nc2cccc(OC)c2)c(C)c2c(C)nn(-c3cccc(C)c3)c21. The van der Waals surface area contributed by atoms with E-state index < -0.39 is 0 Å². The lowest BCUT2D eigenvalue weighted by molar-refractivity contribution is -0.116. The van der Waals surface area contributed by atoms with E-state index in [4.69, 9.17) is 9.84 Å². The number of hydrogen-bond donors (Lipinski definition) is 1. The van der Waals surface area contributed by atoms with Gasteiger partial charge in [-0.15, -0.1) is 0 Å². The molecule has 2 heterocycles. The Bertz CT molecular complexity index is 1430. The van der Waals surface area contributed by atoms with Gasteiger partial charge < -0.3 is 10.1 Å². The van der Waals surface area contributed by atoms with Gasteiger partial charge in [0.15, 0.2) is 0 Å². The van der Waals surface area contributed by atoms with Crippen LogP contribution in [0.15, 0.2) is 53.3 Å². The molecule has 0 aliphatic rings. The Morgan fingerprint density at radius 3 is 2.56 bits per heavy atom. The van der Waals surface area contributed by atoms with Crippen molar-refractivity contribution < 1.29 is 9.53 Å². The smallest absolute Gasteiger partial charge is 0.255 e. The van der Waals surface area contributed by atoms with Crippen molar-refractivity contribution in [3.05, 3.63) is 81.3 Å².